The summed E-state index contributed by atoms with van der Waals surface area (Å²) in [5, 5.41) is 21.8. The van der Waals surface area contributed by atoms with Gasteiger partial charge in [0.05, 0.1) is 61.2 Å². The molecular weight excluding hydrogens is 525 g/mol. The van der Waals surface area contributed by atoms with Crippen LogP contribution in [0.3, 0.4) is 0 Å². The second-order valence-corrected chi connectivity index (χ2v) is 10.4. The number of nitrogens with zero attached hydrogens (tertiary/aromatic N) is 2. The number of hydrogen-bond donors (Lipinski definition) is 4. The Morgan fingerprint density at radius 3 is 2.27 bits per heavy atom. The predicted molar refractivity (Wildman–Crippen MR) is 149 cm³/mol. The molecule has 2 aromatic rings. The van der Waals surface area contributed by atoms with Gasteiger partial charge in [0.25, 0.3) is 11.8 Å². The summed E-state index contributed by atoms with van der Waals surface area (Å²) in [6.45, 7) is 2.76. The van der Waals surface area contributed by atoms with Gasteiger partial charge in [0, 0.05) is 43.0 Å². The molecule has 0 bridgehead atoms. The van der Waals surface area contributed by atoms with Crippen LogP contribution in [0.4, 0.5) is 10.1 Å². The number of nitrogens with one attached hydrogen (secondary N) is 2. The molecule has 3 heterocycles. The first-order chi connectivity index (χ1) is 19.2. The summed E-state index contributed by atoms with van der Waals surface area (Å²) >= 11 is 0. The molecule has 200 valence electrons. The summed E-state index contributed by atoms with van der Waals surface area (Å²) in [5.41, 5.74) is -2.98. The van der Waals surface area contributed by atoms with Crippen molar-refractivity contribution in [1.82, 2.24) is 15.1 Å². The number of morpholine rings is 1. The van der Waals surface area contributed by atoms with Crippen molar-refractivity contribution in [3.63, 3.8) is 0 Å². The fraction of sp³-hybridized carbons (Fsp3) is 0.400. The summed E-state index contributed by atoms with van der Waals surface area (Å²) in [6, 6.07) is 9.03. The SMILES string of the molecule is [B]C1([B])C(=O)NC(=O)C([B])(N2C(=O)c3cccc(NCc4cccc(CN5CCOCC5)c4F)c3C2(O)O)C1([B])[B]. The molecule has 5 rings (SSSR count). The number of carbonyl (C=O) groups is 3. The van der Waals surface area contributed by atoms with E-state index in [1.165, 1.54) is 18.2 Å². The molecule has 10 nitrogen and oxygen atoms in total. The minimum absolute atomic E-state index is 0.00336. The van der Waals surface area contributed by atoms with Crippen molar-refractivity contribution in [2.24, 2.45) is 0 Å². The number of piperidine rings is 1. The lowest BCUT2D eigenvalue weighted by molar-refractivity contribution is -0.265. The maximum absolute atomic E-state index is 15.4. The Hall–Kier alpha value is -3.06. The van der Waals surface area contributed by atoms with E-state index in [2.05, 4.69) is 10.2 Å². The van der Waals surface area contributed by atoms with Crippen LogP contribution >= 0.6 is 0 Å². The third-order valence-electron chi connectivity index (χ3n) is 7.89. The van der Waals surface area contributed by atoms with E-state index < -0.39 is 50.9 Å². The highest BCUT2D eigenvalue weighted by Gasteiger charge is 2.68. The quantitative estimate of drug-likeness (QED) is 0.190. The Labute approximate surface area is 242 Å². The second-order valence-electron chi connectivity index (χ2n) is 10.4. The standard InChI is InChI=1S/C25H22B5FN4O6/c26-22(27)20(37)33-21(38)23(28,25(22,29)30)35-19(36)15-5-2-6-16(17(15)24(35,39)40)32-11-13-3-1-4-14(18(13)31)12-34-7-9-41-10-8-34/h1-6,32,39-40H,7-12H2,(H,33,37,38). The molecule has 10 radical (unpaired) electrons. The van der Waals surface area contributed by atoms with Crippen molar-refractivity contribution >= 4 is 62.6 Å². The van der Waals surface area contributed by atoms with Crippen molar-refractivity contribution < 1.29 is 33.7 Å². The number of carbonyl (C=O) groups excluding carboxylic acids is 3. The number of hydrogen-bond acceptors (Lipinski definition) is 8. The number of halogens is 1. The van der Waals surface area contributed by atoms with E-state index in [0.29, 0.717) is 38.4 Å². The minimum atomic E-state index is -3.31. The first-order valence-corrected chi connectivity index (χ1v) is 12.7. The number of ether oxygens (including phenoxy) is 1. The summed E-state index contributed by atoms with van der Waals surface area (Å²) in [7, 11) is 29.9. The van der Waals surface area contributed by atoms with Crippen LogP contribution in [0.2, 0.25) is 10.4 Å². The average molecular weight is 548 g/mol. The van der Waals surface area contributed by atoms with Crippen molar-refractivity contribution in [1.29, 1.82) is 0 Å². The molecule has 2 fully saturated rings. The number of rotatable bonds is 6. The summed E-state index contributed by atoms with van der Waals surface area (Å²) < 4.78 is 20.7. The summed E-state index contributed by atoms with van der Waals surface area (Å²) in [6.07, 6.45) is 0. The number of benzene rings is 2. The van der Waals surface area contributed by atoms with Gasteiger partial charge in [0.2, 0.25) is 11.8 Å². The fourth-order valence-electron chi connectivity index (χ4n) is 5.38. The number of fused-ring (bicyclic) bond motifs is 1. The van der Waals surface area contributed by atoms with Crippen molar-refractivity contribution in [3.8, 4) is 0 Å². The molecule has 41 heavy (non-hydrogen) atoms. The molecule has 3 aliphatic heterocycles. The van der Waals surface area contributed by atoms with Gasteiger partial charge in [-0.25, -0.2) is 4.39 Å². The zero-order valence-corrected chi connectivity index (χ0v) is 21.9. The molecule has 2 aromatic carbocycles. The molecule has 3 aliphatic rings. The lowest BCUT2D eigenvalue weighted by atomic mass is 9.21. The summed E-state index contributed by atoms with van der Waals surface area (Å²) in [4.78, 5) is 41.0. The van der Waals surface area contributed by atoms with Gasteiger partial charge in [0.1, 0.15) is 13.7 Å². The Morgan fingerprint density at radius 1 is 0.951 bits per heavy atom. The van der Waals surface area contributed by atoms with E-state index in [1.54, 1.807) is 23.5 Å². The van der Waals surface area contributed by atoms with Gasteiger partial charge in [-0.1, -0.05) is 29.5 Å². The maximum Gasteiger partial charge on any atom is 0.280 e. The Balaban J connectivity index is 1.46. The second kappa shape index (κ2) is 10.0. The molecule has 0 saturated carbocycles. The van der Waals surface area contributed by atoms with E-state index in [1.807, 2.05) is 0 Å². The van der Waals surface area contributed by atoms with Crippen LogP contribution in [0.15, 0.2) is 36.4 Å². The van der Waals surface area contributed by atoms with Gasteiger partial charge in [-0.3, -0.25) is 29.5 Å². The smallest absolute Gasteiger partial charge is 0.280 e. The zero-order valence-electron chi connectivity index (χ0n) is 21.9. The molecule has 4 N–H and O–H groups in total. The number of aliphatic hydroxyl groups is 2. The molecule has 0 aliphatic carbocycles. The van der Waals surface area contributed by atoms with Gasteiger partial charge < -0.3 is 20.3 Å². The first kappa shape index (κ1) is 29.4. The monoisotopic (exact) mass is 548 g/mol. The lowest BCUT2D eigenvalue weighted by Crippen LogP contribution is -2.77. The molecule has 1 unspecified atom stereocenters. The predicted octanol–water partition coefficient (Wildman–Crippen LogP) is -1.75. The average Bonchev–Trinajstić information content (AvgIpc) is 3.13. The van der Waals surface area contributed by atoms with E-state index in [0.717, 1.165) is 0 Å². The van der Waals surface area contributed by atoms with Crippen LogP contribution < -0.4 is 10.6 Å². The fourth-order valence-corrected chi connectivity index (χ4v) is 5.38. The molecular formula is C25H22B5FN4O6. The van der Waals surface area contributed by atoms with Gasteiger partial charge in [-0.2, -0.15) is 0 Å². The van der Waals surface area contributed by atoms with Crippen molar-refractivity contribution in [3.05, 3.63) is 64.5 Å². The molecule has 1 atom stereocenters. The van der Waals surface area contributed by atoms with Gasteiger partial charge in [-0.05, 0) is 17.3 Å². The molecule has 2 saturated heterocycles. The van der Waals surface area contributed by atoms with Crippen LogP contribution in [0.1, 0.15) is 27.0 Å². The number of anilines is 1. The van der Waals surface area contributed by atoms with Crippen LogP contribution in [-0.2, 0) is 33.3 Å². The third kappa shape index (κ3) is 4.34. The maximum atomic E-state index is 15.4. The minimum Gasteiger partial charge on any atom is -0.380 e. The van der Waals surface area contributed by atoms with Crippen LogP contribution in [-0.4, -0.2) is 109 Å². The van der Waals surface area contributed by atoms with Crippen LogP contribution in [0, 0.1) is 5.82 Å². The highest BCUT2D eigenvalue weighted by atomic mass is 19.1. The molecule has 16 heteroatoms. The topological polar surface area (TPSA) is 131 Å². The van der Waals surface area contributed by atoms with Crippen LogP contribution in [0.25, 0.3) is 0 Å². The van der Waals surface area contributed by atoms with Gasteiger partial charge >= 0.3 is 0 Å². The van der Waals surface area contributed by atoms with Gasteiger partial charge in [0.15, 0.2) is 0 Å². The van der Waals surface area contributed by atoms with Gasteiger partial charge in [-0.15, -0.1) is 0 Å². The van der Waals surface area contributed by atoms with E-state index in [-0.39, 0.29) is 28.3 Å². The Kier molecular flexibility index (Phi) is 7.21. The van der Waals surface area contributed by atoms with E-state index in [9.17, 15) is 24.6 Å². The normalized spacial score (nSPS) is 25.0. The third-order valence-corrected chi connectivity index (χ3v) is 7.89. The molecule has 0 spiro atoms. The largest absolute Gasteiger partial charge is 0.380 e. The number of imide groups is 1. The molecule has 3 amide bonds. The Bertz CT molecular complexity index is 1440. The van der Waals surface area contributed by atoms with E-state index >= 15 is 4.39 Å². The van der Waals surface area contributed by atoms with Crippen molar-refractivity contribution in [2.75, 3.05) is 31.6 Å². The van der Waals surface area contributed by atoms with Crippen molar-refractivity contribution in [2.45, 2.75) is 34.9 Å². The lowest BCUT2D eigenvalue weighted by Gasteiger charge is -2.61. The highest BCUT2D eigenvalue weighted by molar-refractivity contribution is 6.66. The van der Waals surface area contributed by atoms with E-state index in [4.69, 9.17) is 44.0 Å². The zero-order chi connectivity index (χ0) is 30.0. The van der Waals surface area contributed by atoms with Crippen LogP contribution in [0.5, 0.6) is 0 Å². The molecule has 0 aromatic heterocycles. The first-order valence-electron chi connectivity index (χ1n) is 12.7. The summed E-state index contributed by atoms with van der Waals surface area (Å²) in [5.74, 6) is -7.66. The Morgan fingerprint density at radius 2 is 1.59 bits per heavy atom. The number of amides is 3. The highest BCUT2D eigenvalue weighted by Crippen LogP contribution is 2.57.